The van der Waals surface area contributed by atoms with Gasteiger partial charge in [0.1, 0.15) is 6.33 Å². The van der Waals surface area contributed by atoms with Crippen LogP contribution >= 0.6 is 0 Å². The van der Waals surface area contributed by atoms with Gasteiger partial charge >= 0.3 is 11.9 Å². The van der Waals surface area contributed by atoms with E-state index in [1.54, 1.807) is 48.5 Å². The van der Waals surface area contributed by atoms with Crippen molar-refractivity contribution in [2.24, 2.45) is 11.8 Å². The molecule has 0 aliphatic carbocycles. The summed E-state index contributed by atoms with van der Waals surface area (Å²) in [5.74, 6) is 0.847. The van der Waals surface area contributed by atoms with Crippen molar-refractivity contribution in [1.29, 1.82) is 0 Å². The molecule has 0 saturated heterocycles. The average Bonchev–Trinajstić information content (AvgIpc) is 3.02. The number of esters is 2. The van der Waals surface area contributed by atoms with E-state index in [9.17, 15) is 9.59 Å². The molecule has 2 N–H and O–H groups in total. The van der Waals surface area contributed by atoms with Gasteiger partial charge in [-0.05, 0) is 73.2 Å². The Morgan fingerprint density at radius 3 is 1.43 bits per heavy atom. The summed E-state index contributed by atoms with van der Waals surface area (Å²) in [7, 11) is 0. The van der Waals surface area contributed by atoms with E-state index in [2.05, 4.69) is 53.3 Å². The minimum atomic E-state index is -0.320. The highest BCUT2D eigenvalue weighted by Crippen LogP contribution is 2.20. The normalized spacial score (nSPS) is 12.3. The SMILES string of the molecule is CCCCC(CC)COC(=O)c1ccc(Nc2ncnc(Nc3ccc(C(=O)OCC(CC)CCCC)cc3)n2)cc1. The zero-order valence-corrected chi connectivity index (χ0v) is 25.4. The quantitative estimate of drug-likeness (QED) is 0.145. The van der Waals surface area contributed by atoms with Crippen molar-refractivity contribution in [3.8, 4) is 0 Å². The van der Waals surface area contributed by atoms with Crippen LogP contribution in [0.5, 0.6) is 0 Å². The molecule has 0 fully saturated rings. The van der Waals surface area contributed by atoms with Crippen LogP contribution in [0.4, 0.5) is 23.3 Å². The van der Waals surface area contributed by atoms with Gasteiger partial charge in [0.25, 0.3) is 0 Å². The molecule has 0 radical (unpaired) electrons. The molecule has 1 aromatic heterocycles. The number of unbranched alkanes of at least 4 members (excludes halogenated alkanes) is 2. The summed E-state index contributed by atoms with van der Waals surface area (Å²) >= 11 is 0. The van der Waals surface area contributed by atoms with Gasteiger partial charge in [-0.25, -0.2) is 19.6 Å². The maximum absolute atomic E-state index is 12.5. The van der Waals surface area contributed by atoms with Crippen molar-refractivity contribution >= 4 is 35.2 Å². The number of hydrogen-bond donors (Lipinski definition) is 2. The summed E-state index contributed by atoms with van der Waals surface area (Å²) in [5, 5.41) is 6.26. The molecule has 0 saturated carbocycles. The van der Waals surface area contributed by atoms with Crippen molar-refractivity contribution in [2.75, 3.05) is 23.8 Å². The summed E-state index contributed by atoms with van der Waals surface area (Å²) in [6.45, 7) is 9.48. The highest BCUT2D eigenvalue weighted by Gasteiger charge is 2.14. The molecule has 226 valence electrons. The molecule has 0 aliphatic rings. The molecule has 9 nitrogen and oxygen atoms in total. The minimum Gasteiger partial charge on any atom is -0.462 e. The number of hydrogen-bond acceptors (Lipinski definition) is 9. The number of aromatic nitrogens is 3. The van der Waals surface area contributed by atoms with Crippen molar-refractivity contribution in [2.45, 2.75) is 79.1 Å². The first-order chi connectivity index (χ1) is 20.4. The van der Waals surface area contributed by atoms with Gasteiger partial charge in [-0.3, -0.25) is 0 Å². The number of benzene rings is 2. The standard InChI is InChI=1S/C33H45N5O4/c1-5-9-11-24(7-3)21-41-30(39)26-13-17-28(18-14-26)36-32-34-23-35-33(38-32)37-29-19-15-27(16-20-29)31(40)42-22-25(8-4)12-10-6-2/h13-20,23-25H,5-12,21-22H2,1-4H3,(H2,34,35,36,37,38). The first kappa shape index (κ1) is 32.5. The lowest BCUT2D eigenvalue weighted by Crippen LogP contribution is -2.14. The van der Waals surface area contributed by atoms with Crippen LogP contribution < -0.4 is 10.6 Å². The maximum atomic E-state index is 12.5. The molecule has 9 heteroatoms. The Bertz CT molecular complexity index is 1140. The molecular formula is C33H45N5O4. The number of carbonyl (C=O) groups is 2. The van der Waals surface area contributed by atoms with E-state index in [4.69, 9.17) is 9.47 Å². The molecule has 0 bridgehead atoms. The fourth-order valence-electron chi connectivity index (χ4n) is 4.40. The van der Waals surface area contributed by atoms with Crippen LogP contribution in [0.2, 0.25) is 0 Å². The Morgan fingerprint density at radius 1 is 0.667 bits per heavy atom. The lowest BCUT2D eigenvalue weighted by atomic mass is 10.0. The fourth-order valence-corrected chi connectivity index (χ4v) is 4.40. The van der Waals surface area contributed by atoms with E-state index < -0.39 is 0 Å². The molecule has 0 spiro atoms. The van der Waals surface area contributed by atoms with Gasteiger partial charge in [0.2, 0.25) is 11.9 Å². The molecule has 42 heavy (non-hydrogen) atoms. The molecule has 2 unspecified atom stereocenters. The summed E-state index contributed by atoms with van der Waals surface area (Å²) in [6.07, 6.45) is 10.1. The maximum Gasteiger partial charge on any atom is 0.338 e. The van der Waals surface area contributed by atoms with Gasteiger partial charge in [0, 0.05) is 11.4 Å². The van der Waals surface area contributed by atoms with Gasteiger partial charge in [0.15, 0.2) is 0 Å². The average molecular weight is 576 g/mol. The number of ether oxygens (including phenoxy) is 2. The van der Waals surface area contributed by atoms with Crippen LogP contribution in [0.25, 0.3) is 0 Å². The van der Waals surface area contributed by atoms with E-state index in [1.807, 2.05) is 0 Å². The Balaban J connectivity index is 1.51. The molecule has 2 atom stereocenters. The van der Waals surface area contributed by atoms with Gasteiger partial charge in [-0.15, -0.1) is 0 Å². The Morgan fingerprint density at radius 2 is 1.07 bits per heavy atom. The molecule has 0 aliphatic heterocycles. The Labute approximate surface area is 249 Å². The third kappa shape index (κ3) is 10.8. The van der Waals surface area contributed by atoms with Gasteiger partial charge in [0.05, 0.1) is 24.3 Å². The first-order valence-electron chi connectivity index (χ1n) is 15.2. The molecular weight excluding hydrogens is 530 g/mol. The van der Waals surface area contributed by atoms with Crippen molar-refractivity contribution in [1.82, 2.24) is 15.0 Å². The van der Waals surface area contributed by atoms with Crippen LogP contribution in [-0.2, 0) is 9.47 Å². The van der Waals surface area contributed by atoms with Crippen molar-refractivity contribution < 1.29 is 19.1 Å². The number of carbonyl (C=O) groups excluding carboxylic acids is 2. The topological polar surface area (TPSA) is 115 Å². The lowest BCUT2D eigenvalue weighted by molar-refractivity contribution is 0.0419. The van der Waals surface area contributed by atoms with Crippen molar-refractivity contribution in [3.05, 3.63) is 66.0 Å². The van der Waals surface area contributed by atoms with Crippen molar-refractivity contribution in [3.63, 3.8) is 0 Å². The van der Waals surface area contributed by atoms with Crippen LogP contribution in [0.3, 0.4) is 0 Å². The number of rotatable bonds is 18. The van der Waals surface area contributed by atoms with Crippen LogP contribution in [-0.4, -0.2) is 40.1 Å². The van der Waals surface area contributed by atoms with Crippen LogP contribution in [0, 0.1) is 11.8 Å². The third-order valence-corrected chi connectivity index (χ3v) is 7.31. The molecule has 0 amide bonds. The smallest absolute Gasteiger partial charge is 0.338 e. The number of nitrogens with one attached hydrogen (secondary N) is 2. The van der Waals surface area contributed by atoms with E-state index in [1.165, 1.54) is 6.33 Å². The minimum absolute atomic E-state index is 0.320. The van der Waals surface area contributed by atoms with E-state index in [0.29, 0.717) is 48.1 Å². The molecule has 1 heterocycles. The lowest BCUT2D eigenvalue weighted by Gasteiger charge is -2.14. The van der Waals surface area contributed by atoms with Crippen LogP contribution in [0.15, 0.2) is 54.9 Å². The van der Waals surface area contributed by atoms with E-state index in [-0.39, 0.29) is 11.9 Å². The predicted molar refractivity (Wildman–Crippen MR) is 166 cm³/mol. The van der Waals surface area contributed by atoms with E-state index >= 15 is 0 Å². The zero-order chi connectivity index (χ0) is 30.2. The third-order valence-electron chi connectivity index (χ3n) is 7.31. The summed E-state index contributed by atoms with van der Waals surface area (Å²) in [4.78, 5) is 37.8. The van der Waals surface area contributed by atoms with Crippen LogP contribution in [0.1, 0.15) is 99.8 Å². The Hall–Kier alpha value is -4.01. The second-order valence-electron chi connectivity index (χ2n) is 10.6. The monoisotopic (exact) mass is 575 g/mol. The second kappa shape index (κ2) is 17.7. The summed E-state index contributed by atoms with van der Waals surface area (Å²) in [6, 6.07) is 14.0. The Kier molecular flexibility index (Phi) is 13.7. The first-order valence-corrected chi connectivity index (χ1v) is 15.2. The molecule has 3 aromatic rings. The number of nitrogens with zero attached hydrogens (tertiary/aromatic N) is 3. The van der Waals surface area contributed by atoms with Gasteiger partial charge in [-0.1, -0.05) is 66.2 Å². The van der Waals surface area contributed by atoms with Gasteiger partial charge in [-0.2, -0.15) is 4.98 Å². The number of anilines is 4. The van der Waals surface area contributed by atoms with E-state index in [0.717, 1.165) is 62.7 Å². The second-order valence-corrected chi connectivity index (χ2v) is 10.6. The van der Waals surface area contributed by atoms with Gasteiger partial charge < -0.3 is 20.1 Å². The fraction of sp³-hybridized carbons (Fsp3) is 0.485. The zero-order valence-electron chi connectivity index (χ0n) is 25.4. The summed E-state index contributed by atoms with van der Waals surface area (Å²) < 4.78 is 11.1. The highest BCUT2D eigenvalue weighted by molar-refractivity contribution is 5.90. The largest absolute Gasteiger partial charge is 0.462 e. The molecule has 3 rings (SSSR count). The molecule has 2 aromatic carbocycles. The summed E-state index contributed by atoms with van der Waals surface area (Å²) in [5.41, 5.74) is 2.44. The predicted octanol–water partition coefficient (Wildman–Crippen LogP) is 8.11. The highest BCUT2D eigenvalue weighted by atomic mass is 16.5.